The molecule has 1 aromatic carbocycles. The maximum absolute atomic E-state index is 9.20. The maximum atomic E-state index is 9.20. The van der Waals surface area contributed by atoms with Crippen LogP contribution in [0.2, 0.25) is 0 Å². The van der Waals surface area contributed by atoms with Gasteiger partial charge in [0.2, 0.25) is 0 Å². The smallest absolute Gasteiger partial charge is 0.0752 e. The molecular weight excluding hydrogens is 184 g/mol. The van der Waals surface area contributed by atoms with Gasteiger partial charge in [-0.3, -0.25) is 0 Å². The van der Waals surface area contributed by atoms with Gasteiger partial charge in [0.15, 0.2) is 0 Å². The lowest BCUT2D eigenvalue weighted by Gasteiger charge is -1.99. The third-order valence-corrected chi connectivity index (χ3v) is 2.26. The molecule has 15 heavy (non-hydrogen) atoms. The molecule has 0 unspecified atom stereocenters. The first-order valence-electron chi connectivity index (χ1n) is 5.32. The molecule has 1 atom stereocenters. The van der Waals surface area contributed by atoms with Gasteiger partial charge in [-0.1, -0.05) is 48.6 Å². The molecule has 0 aliphatic carbocycles. The first kappa shape index (κ1) is 11.7. The van der Waals surface area contributed by atoms with Crippen LogP contribution in [0, 0.1) is 0 Å². The largest absolute Gasteiger partial charge is 0.389 e. The van der Waals surface area contributed by atoms with E-state index in [1.54, 1.807) is 6.08 Å². The second kappa shape index (κ2) is 7.02. The van der Waals surface area contributed by atoms with Crippen LogP contribution in [-0.2, 0) is 6.42 Å². The predicted octanol–water partition coefficient (Wildman–Crippen LogP) is 3.11. The highest BCUT2D eigenvalue weighted by atomic mass is 16.3. The van der Waals surface area contributed by atoms with Gasteiger partial charge in [-0.2, -0.15) is 0 Å². The second-order valence-electron chi connectivity index (χ2n) is 3.53. The lowest BCUT2D eigenvalue weighted by molar-refractivity contribution is 0.227. The first-order chi connectivity index (χ1) is 7.33. The Balaban J connectivity index is 2.19. The van der Waals surface area contributed by atoms with Crippen LogP contribution < -0.4 is 0 Å². The summed E-state index contributed by atoms with van der Waals surface area (Å²) < 4.78 is 0. The highest BCUT2D eigenvalue weighted by Gasteiger charge is 1.92. The summed E-state index contributed by atoms with van der Waals surface area (Å²) in [5.41, 5.74) is 1.35. The van der Waals surface area contributed by atoms with Crippen molar-refractivity contribution in [1.29, 1.82) is 0 Å². The van der Waals surface area contributed by atoms with Crippen molar-refractivity contribution in [3.63, 3.8) is 0 Å². The molecule has 1 rings (SSSR count). The molecule has 1 heteroatoms. The second-order valence-corrected chi connectivity index (χ2v) is 3.53. The molecule has 0 fully saturated rings. The number of hydrogen-bond acceptors (Lipinski definition) is 1. The van der Waals surface area contributed by atoms with Crippen LogP contribution in [0.1, 0.15) is 18.4 Å². The molecule has 0 bridgehead atoms. The third kappa shape index (κ3) is 5.18. The van der Waals surface area contributed by atoms with Gasteiger partial charge in [0, 0.05) is 0 Å². The Labute approximate surface area is 91.8 Å². The van der Waals surface area contributed by atoms with Crippen LogP contribution in [0.4, 0.5) is 0 Å². The number of rotatable bonds is 6. The van der Waals surface area contributed by atoms with Gasteiger partial charge in [0.25, 0.3) is 0 Å². The molecule has 0 saturated carbocycles. The predicted molar refractivity (Wildman–Crippen MR) is 64.7 cm³/mol. The first-order valence-corrected chi connectivity index (χ1v) is 5.32. The Hall–Kier alpha value is -1.34. The van der Waals surface area contributed by atoms with Crippen molar-refractivity contribution in [3.05, 3.63) is 60.7 Å². The summed E-state index contributed by atoms with van der Waals surface area (Å²) in [5.74, 6) is 0. The zero-order valence-corrected chi connectivity index (χ0v) is 8.97. The molecule has 1 aromatic rings. The lowest BCUT2D eigenvalue weighted by Crippen LogP contribution is -1.97. The van der Waals surface area contributed by atoms with Crippen molar-refractivity contribution in [1.82, 2.24) is 0 Å². The summed E-state index contributed by atoms with van der Waals surface area (Å²) >= 11 is 0. The van der Waals surface area contributed by atoms with E-state index in [9.17, 15) is 5.11 Å². The number of aliphatic hydroxyl groups excluding tert-OH is 1. The molecule has 0 saturated heterocycles. The molecule has 0 heterocycles. The van der Waals surface area contributed by atoms with Gasteiger partial charge in [-0.15, -0.1) is 6.58 Å². The van der Waals surface area contributed by atoms with Gasteiger partial charge >= 0.3 is 0 Å². The summed E-state index contributed by atoms with van der Waals surface area (Å²) in [6.07, 6.45) is 8.02. The van der Waals surface area contributed by atoms with Crippen LogP contribution in [0.5, 0.6) is 0 Å². The Morgan fingerprint density at radius 3 is 2.60 bits per heavy atom. The summed E-state index contributed by atoms with van der Waals surface area (Å²) in [7, 11) is 0. The minimum Gasteiger partial charge on any atom is -0.389 e. The van der Waals surface area contributed by atoms with Gasteiger partial charge < -0.3 is 5.11 Å². The van der Waals surface area contributed by atoms with Crippen LogP contribution in [0.3, 0.4) is 0 Å². The topological polar surface area (TPSA) is 20.2 Å². The number of allylic oxidation sites excluding steroid dienone is 1. The van der Waals surface area contributed by atoms with Crippen LogP contribution in [-0.4, -0.2) is 11.2 Å². The standard InChI is InChI=1S/C14H18O/c1-2-14(15)12-8-4-7-11-13-9-5-3-6-10-13/h2-6,8-10,14-15H,1,7,11-12H2/b8-4+/t14-/m0/s1. The van der Waals surface area contributed by atoms with Crippen molar-refractivity contribution < 1.29 is 5.11 Å². The number of aliphatic hydroxyl groups is 1. The summed E-state index contributed by atoms with van der Waals surface area (Å²) in [6, 6.07) is 10.4. The molecule has 0 aliphatic rings. The summed E-state index contributed by atoms with van der Waals surface area (Å²) in [4.78, 5) is 0. The molecule has 0 radical (unpaired) electrons. The molecule has 0 spiro atoms. The number of hydrogen-bond donors (Lipinski definition) is 1. The lowest BCUT2D eigenvalue weighted by atomic mass is 10.1. The van der Waals surface area contributed by atoms with E-state index in [4.69, 9.17) is 0 Å². The van der Waals surface area contributed by atoms with Crippen molar-refractivity contribution in [2.24, 2.45) is 0 Å². The van der Waals surface area contributed by atoms with Gasteiger partial charge in [0.1, 0.15) is 0 Å². The quantitative estimate of drug-likeness (QED) is 0.703. The summed E-state index contributed by atoms with van der Waals surface area (Å²) in [5, 5.41) is 9.20. The van der Waals surface area contributed by atoms with Crippen molar-refractivity contribution >= 4 is 0 Å². The fraction of sp³-hybridized carbons (Fsp3) is 0.286. The highest BCUT2D eigenvalue weighted by Crippen LogP contribution is 2.03. The van der Waals surface area contributed by atoms with E-state index in [2.05, 4.69) is 36.9 Å². The average Bonchev–Trinajstić information content (AvgIpc) is 2.29. The minimum absolute atomic E-state index is 0.405. The highest BCUT2D eigenvalue weighted by molar-refractivity contribution is 5.15. The molecule has 80 valence electrons. The molecule has 1 nitrogen and oxygen atoms in total. The van der Waals surface area contributed by atoms with Crippen LogP contribution in [0.15, 0.2) is 55.1 Å². The molecule has 0 aromatic heterocycles. The molecular formula is C14H18O. The fourth-order valence-corrected chi connectivity index (χ4v) is 1.34. The summed E-state index contributed by atoms with van der Waals surface area (Å²) in [6.45, 7) is 3.52. The maximum Gasteiger partial charge on any atom is 0.0752 e. The van der Waals surface area contributed by atoms with Crippen LogP contribution >= 0.6 is 0 Å². The van der Waals surface area contributed by atoms with Crippen molar-refractivity contribution in [2.45, 2.75) is 25.4 Å². The van der Waals surface area contributed by atoms with Crippen molar-refractivity contribution in [2.75, 3.05) is 0 Å². The average molecular weight is 202 g/mol. The Bertz CT molecular complexity index is 300. The Kier molecular flexibility index (Phi) is 5.49. The van der Waals surface area contributed by atoms with Crippen molar-refractivity contribution in [3.8, 4) is 0 Å². The number of benzene rings is 1. The number of aryl methyl sites for hydroxylation is 1. The van der Waals surface area contributed by atoms with E-state index >= 15 is 0 Å². The Morgan fingerprint density at radius 1 is 1.20 bits per heavy atom. The van der Waals surface area contributed by atoms with E-state index < -0.39 is 6.10 Å². The SMILES string of the molecule is C=C[C@H](O)C/C=C/CCc1ccccc1. The minimum atomic E-state index is -0.405. The Morgan fingerprint density at radius 2 is 1.93 bits per heavy atom. The van der Waals surface area contributed by atoms with Gasteiger partial charge in [-0.25, -0.2) is 0 Å². The van der Waals surface area contributed by atoms with Crippen LogP contribution in [0.25, 0.3) is 0 Å². The van der Waals surface area contributed by atoms with E-state index in [0.717, 1.165) is 12.8 Å². The third-order valence-electron chi connectivity index (χ3n) is 2.26. The van der Waals surface area contributed by atoms with E-state index in [-0.39, 0.29) is 0 Å². The molecule has 1 N–H and O–H groups in total. The van der Waals surface area contributed by atoms with E-state index in [1.165, 1.54) is 5.56 Å². The zero-order valence-electron chi connectivity index (χ0n) is 8.97. The molecule has 0 aliphatic heterocycles. The zero-order chi connectivity index (χ0) is 10.9. The van der Waals surface area contributed by atoms with Gasteiger partial charge in [0.05, 0.1) is 6.10 Å². The van der Waals surface area contributed by atoms with Gasteiger partial charge in [-0.05, 0) is 24.8 Å². The fourth-order valence-electron chi connectivity index (χ4n) is 1.34. The molecule has 0 amide bonds. The van der Waals surface area contributed by atoms with E-state index in [1.807, 2.05) is 12.1 Å². The monoisotopic (exact) mass is 202 g/mol. The normalized spacial score (nSPS) is 12.9. The van der Waals surface area contributed by atoms with E-state index in [0.29, 0.717) is 6.42 Å².